The van der Waals surface area contributed by atoms with Crippen molar-refractivity contribution in [3.8, 4) is 0 Å². The van der Waals surface area contributed by atoms with Crippen molar-refractivity contribution in [3.05, 3.63) is 40.7 Å². The predicted octanol–water partition coefficient (Wildman–Crippen LogP) is 4.00. The van der Waals surface area contributed by atoms with Gasteiger partial charge in [0.1, 0.15) is 5.69 Å². The van der Waals surface area contributed by atoms with Crippen LogP contribution in [0.5, 0.6) is 0 Å². The van der Waals surface area contributed by atoms with Crippen LogP contribution in [-0.4, -0.2) is 51.8 Å². The standard InChI is InChI=1S/C19H22ClN5OS/c1-12(2)25-7-6-15(22-25)18(26)23-8-10-24(11-9-23)19-21-16-13(3)4-5-14(20)17(16)27-19/h4-7,12H,8-11H2,1-3H3. The Balaban J connectivity index is 1.46. The van der Waals surface area contributed by atoms with E-state index in [2.05, 4.69) is 16.9 Å². The second kappa shape index (κ2) is 7.13. The molecule has 0 saturated carbocycles. The molecule has 0 bridgehead atoms. The summed E-state index contributed by atoms with van der Waals surface area (Å²) in [6.45, 7) is 8.99. The van der Waals surface area contributed by atoms with Crippen LogP contribution in [0.2, 0.25) is 5.02 Å². The summed E-state index contributed by atoms with van der Waals surface area (Å²) in [5, 5.41) is 6.11. The molecule has 27 heavy (non-hydrogen) atoms. The molecule has 8 heteroatoms. The molecule has 1 saturated heterocycles. The Labute approximate surface area is 167 Å². The molecule has 3 heterocycles. The van der Waals surface area contributed by atoms with Crippen molar-refractivity contribution in [2.24, 2.45) is 0 Å². The number of fused-ring (bicyclic) bond motifs is 1. The highest BCUT2D eigenvalue weighted by Gasteiger charge is 2.25. The molecule has 0 N–H and O–H groups in total. The number of benzene rings is 1. The monoisotopic (exact) mass is 403 g/mol. The molecule has 0 aliphatic carbocycles. The van der Waals surface area contributed by atoms with Gasteiger partial charge in [0.15, 0.2) is 5.13 Å². The number of halogens is 1. The fraction of sp³-hybridized carbons (Fsp3) is 0.421. The highest BCUT2D eigenvalue weighted by Crippen LogP contribution is 2.35. The average Bonchev–Trinajstić information content (AvgIpc) is 3.32. The van der Waals surface area contributed by atoms with E-state index in [0.29, 0.717) is 18.8 Å². The first-order chi connectivity index (χ1) is 12.9. The molecule has 3 aromatic rings. The number of rotatable bonds is 3. The van der Waals surface area contributed by atoms with Gasteiger partial charge in [-0.05, 0) is 38.5 Å². The lowest BCUT2D eigenvalue weighted by molar-refractivity contribution is 0.0739. The zero-order valence-electron chi connectivity index (χ0n) is 15.6. The molecule has 2 aromatic heterocycles. The third-order valence-corrected chi connectivity index (χ3v) is 6.46. The normalized spacial score (nSPS) is 15.1. The van der Waals surface area contributed by atoms with E-state index < -0.39 is 0 Å². The second-order valence-corrected chi connectivity index (χ2v) is 8.48. The number of thiazole rings is 1. The summed E-state index contributed by atoms with van der Waals surface area (Å²) < 4.78 is 2.85. The van der Waals surface area contributed by atoms with Crippen LogP contribution in [0, 0.1) is 6.92 Å². The van der Waals surface area contributed by atoms with Crippen LogP contribution >= 0.6 is 22.9 Å². The molecule has 1 aliphatic rings. The lowest BCUT2D eigenvalue weighted by Gasteiger charge is -2.34. The largest absolute Gasteiger partial charge is 0.345 e. The topological polar surface area (TPSA) is 54.3 Å². The number of nitrogens with zero attached hydrogens (tertiary/aromatic N) is 5. The first-order valence-corrected chi connectivity index (χ1v) is 10.3. The van der Waals surface area contributed by atoms with Gasteiger partial charge >= 0.3 is 0 Å². The van der Waals surface area contributed by atoms with Gasteiger partial charge in [-0.3, -0.25) is 9.48 Å². The predicted molar refractivity (Wildman–Crippen MR) is 110 cm³/mol. The minimum atomic E-state index is -0.00256. The minimum Gasteiger partial charge on any atom is -0.345 e. The molecule has 1 aromatic carbocycles. The summed E-state index contributed by atoms with van der Waals surface area (Å²) in [5.74, 6) is -0.00256. The lowest BCUT2D eigenvalue weighted by atomic mass is 10.2. The molecule has 4 rings (SSSR count). The van der Waals surface area contributed by atoms with Gasteiger partial charge in [0.25, 0.3) is 5.91 Å². The Bertz CT molecular complexity index is 948. The van der Waals surface area contributed by atoms with Gasteiger partial charge in [-0.25, -0.2) is 4.98 Å². The average molecular weight is 404 g/mol. The number of carbonyl (C=O) groups is 1. The van der Waals surface area contributed by atoms with E-state index in [9.17, 15) is 4.79 Å². The van der Waals surface area contributed by atoms with E-state index in [4.69, 9.17) is 16.6 Å². The number of piperazine rings is 1. The number of aryl methyl sites for hydroxylation is 1. The van der Waals surface area contributed by atoms with Crippen LogP contribution in [-0.2, 0) is 0 Å². The van der Waals surface area contributed by atoms with E-state index in [1.54, 1.807) is 17.4 Å². The molecule has 1 aliphatic heterocycles. The quantitative estimate of drug-likeness (QED) is 0.663. The van der Waals surface area contributed by atoms with Crippen molar-refractivity contribution in [2.75, 3.05) is 31.1 Å². The molecule has 1 amide bonds. The van der Waals surface area contributed by atoms with Gasteiger partial charge in [-0.1, -0.05) is 29.0 Å². The van der Waals surface area contributed by atoms with Crippen LogP contribution < -0.4 is 4.90 Å². The first-order valence-electron chi connectivity index (χ1n) is 9.09. The third-order valence-electron chi connectivity index (χ3n) is 4.88. The number of amides is 1. The summed E-state index contributed by atoms with van der Waals surface area (Å²) in [7, 11) is 0. The molecule has 1 fully saturated rings. The number of hydrogen-bond acceptors (Lipinski definition) is 5. The van der Waals surface area contributed by atoms with Gasteiger partial charge in [0.05, 0.1) is 15.2 Å². The lowest BCUT2D eigenvalue weighted by Crippen LogP contribution is -2.48. The maximum atomic E-state index is 12.7. The van der Waals surface area contributed by atoms with Crippen LogP contribution in [0.4, 0.5) is 5.13 Å². The Kier molecular flexibility index (Phi) is 4.82. The summed E-state index contributed by atoms with van der Waals surface area (Å²) in [4.78, 5) is 21.6. The van der Waals surface area contributed by atoms with Crippen LogP contribution in [0.3, 0.4) is 0 Å². The van der Waals surface area contributed by atoms with Gasteiger partial charge in [-0.15, -0.1) is 0 Å². The highest BCUT2D eigenvalue weighted by atomic mass is 35.5. The maximum Gasteiger partial charge on any atom is 0.274 e. The summed E-state index contributed by atoms with van der Waals surface area (Å²) in [6.07, 6.45) is 1.86. The van der Waals surface area contributed by atoms with Crippen LogP contribution in [0.15, 0.2) is 24.4 Å². The Morgan fingerprint density at radius 2 is 1.93 bits per heavy atom. The molecular formula is C19H22ClN5OS. The molecule has 0 radical (unpaired) electrons. The fourth-order valence-corrected chi connectivity index (χ4v) is 4.60. The van der Waals surface area contributed by atoms with E-state index >= 15 is 0 Å². The second-order valence-electron chi connectivity index (χ2n) is 7.09. The number of hydrogen-bond donors (Lipinski definition) is 0. The molecular weight excluding hydrogens is 382 g/mol. The zero-order chi connectivity index (χ0) is 19.1. The summed E-state index contributed by atoms with van der Waals surface area (Å²) in [5.41, 5.74) is 2.62. The molecule has 0 spiro atoms. The SMILES string of the molecule is Cc1ccc(Cl)c2sc(N3CCN(C(=O)c4ccn(C(C)C)n4)CC3)nc12. The molecule has 0 atom stereocenters. The third kappa shape index (κ3) is 3.41. The molecule has 0 unspecified atom stereocenters. The Morgan fingerprint density at radius 1 is 1.19 bits per heavy atom. The van der Waals surface area contributed by atoms with Crippen molar-refractivity contribution in [1.82, 2.24) is 19.7 Å². The summed E-state index contributed by atoms with van der Waals surface area (Å²) >= 11 is 7.95. The molecule has 142 valence electrons. The van der Waals surface area contributed by atoms with Crippen molar-refractivity contribution in [1.29, 1.82) is 0 Å². The molecule has 6 nitrogen and oxygen atoms in total. The van der Waals surface area contributed by atoms with E-state index in [1.165, 1.54) is 0 Å². The van der Waals surface area contributed by atoms with E-state index in [0.717, 1.165) is 39.0 Å². The van der Waals surface area contributed by atoms with Crippen LogP contribution in [0.1, 0.15) is 35.9 Å². The van der Waals surface area contributed by atoms with Crippen molar-refractivity contribution < 1.29 is 4.79 Å². The van der Waals surface area contributed by atoms with Gasteiger partial charge in [0.2, 0.25) is 0 Å². The van der Waals surface area contributed by atoms with Crippen LogP contribution in [0.25, 0.3) is 10.2 Å². The maximum absolute atomic E-state index is 12.7. The van der Waals surface area contributed by atoms with Gasteiger partial charge in [-0.2, -0.15) is 5.10 Å². The highest BCUT2D eigenvalue weighted by molar-refractivity contribution is 7.22. The number of anilines is 1. The number of aromatic nitrogens is 3. The Morgan fingerprint density at radius 3 is 2.56 bits per heavy atom. The van der Waals surface area contributed by atoms with Crippen molar-refractivity contribution in [2.45, 2.75) is 26.8 Å². The minimum absolute atomic E-state index is 0.00256. The van der Waals surface area contributed by atoms with Crippen molar-refractivity contribution >= 4 is 44.2 Å². The van der Waals surface area contributed by atoms with E-state index in [-0.39, 0.29) is 11.9 Å². The van der Waals surface area contributed by atoms with E-state index in [1.807, 2.05) is 41.8 Å². The van der Waals surface area contributed by atoms with Gasteiger partial charge in [0, 0.05) is 38.4 Å². The number of carbonyl (C=O) groups excluding carboxylic acids is 1. The summed E-state index contributed by atoms with van der Waals surface area (Å²) in [6, 6.07) is 5.97. The van der Waals surface area contributed by atoms with Crippen molar-refractivity contribution in [3.63, 3.8) is 0 Å². The smallest absolute Gasteiger partial charge is 0.274 e. The fourth-order valence-electron chi connectivity index (χ4n) is 3.23. The zero-order valence-corrected chi connectivity index (χ0v) is 17.2. The first kappa shape index (κ1) is 18.3. The van der Waals surface area contributed by atoms with Gasteiger partial charge < -0.3 is 9.80 Å². The Hall–Kier alpha value is -2.12.